The molecule has 0 spiro atoms. The number of nitrogens with zero attached hydrogens (tertiary/aromatic N) is 4. The quantitative estimate of drug-likeness (QED) is 0.573. The van der Waals surface area contributed by atoms with Crippen molar-refractivity contribution < 1.29 is 14.3 Å². The summed E-state index contributed by atoms with van der Waals surface area (Å²) in [6.45, 7) is 3.75. The lowest BCUT2D eigenvalue weighted by molar-refractivity contribution is 0.0623. The lowest BCUT2D eigenvalue weighted by Crippen LogP contribution is -2.48. The third-order valence-electron chi connectivity index (χ3n) is 5.50. The molecule has 0 aliphatic carbocycles. The van der Waals surface area contributed by atoms with Crippen LogP contribution in [0.15, 0.2) is 47.8 Å². The predicted molar refractivity (Wildman–Crippen MR) is 123 cm³/mol. The van der Waals surface area contributed by atoms with Crippen LogP contribution in [0.3, 0.4) is 0 Å². The first kappa shape index (κ1) is 21.8. The summed E-state index contributed by atoms with van der Waals surface area (Å²) in [6, 6.07) is 15.4. The highest BCUT2D eigenvalue weighted by atomic mass is 32.1. The standard InChI is InChI=1S/C24H24N4O3S/c1-30-21-8-7-19(13-22(21)31-2)23-26-20(16-32-23)24(29)28-11-9-27(10-12-28)15-18-5-3-17(14-25)4-6-18/h3-8,13,16H,9-12,15H2,1-2H3. The molecule has 0 saturated carbocycles. The molecule has 0 unspecified atom stereocenters. The third-order valence-corrected chi connectivity index (χ3v) is 6.39. The Bertz CT molecular complexity index is 1130. The minimum absolute atomic E-state index is 0.0361. The zero-order valence-corrected chi connectivity index (χ0v) is 18.9. The average molecular weight is 449 g/mol. The van der Waals surface area contributed by atoms with Crippen molar-refractivity contribution in [2.75, 3.05) is 40.4 Å². The number of nitriles is 1. The Morgan fingerprint density at radius 3 is 2.44 bits per heavy atom. The number of hydrogen-bond donors (Lipinski definition) is 0. The van der Waals surface area contributed by atoms with Gasteiger partial charge in [-0.25, -0.2) is 4.98 Å². The molecule has 1 aliphatic heterocycles. The van der Waals surface area contributed by atoms with Crippen molar-refractivity contribution in [1.82, 2.24) is 14.8 Å². The van der Waals surface area contributed by atoms with Gasteiger partial charge in [-0.3, -0.25) is 9.69 Å². The molecular formula is C24H24N4O3S. The Kier molecular flexibility index (Phi) is 6.69. The van der Waals surface area contributed by atoms with Crippen LogP contribution in [0, 0.1) is 11.3 Å². The van der Waals surface area contributed by atoms with Gasteiger partial charge in [0.15, 0.2) is 11.5 Å². The first-order valence-corrected chi connectivity index (χ1v) is 11.2. The minimum Gasteiger partial charge on any atom is -0.493 e. The molecular weight excluding hydrogens is 424 g/mol. The SMILES string of the molecule is COc1ccc(-c2nc(C(=O)N3CCN(Cc4ccc(C#N)cc4)CC3)cs2)cc1OC. The Hall–Kier alpha value is -3.41. The van der Waals surface area contributed by atoms with Crippen LogP contribution in [0.5, 0.6) is 11.5 Å². The molecule has 32 heavy (non-hydrogen) atoms. The molecule has 0 atom stereocenters. The number of piperazine rings is 1. The van der Waals surface area contributed by atoms with Gasteiger partial charge in [0.1, 0.15) is 10.7 Å². The number of carbonyl (C=O) groups excluding carboxylic acids is 1. The molecule has 2 heterocycles. The van der Waals surface area contributed by atoms with E-state index < -0.39 is 0 Å². The summed E-state index contributed by atoms with van der Waals surface area (Å²) in [5, 5.41) is 11.5. The van der Waals surface area contributed by atoms with Crippen molar-refractivity contribution in [3.05, 3.63) is 64.7 Å². The molecule has 1 saturated heterocycles. The molecule has 164 valence electrons. The molecule has 3 aromatic rings. The Labute approximate surface area is 191 Å². The summed E-state index contributed by atoms with van der Waals surface area (Å²) in [5.74, 6) is 1.25. The van der Waals surface area contributed by atoms with Crippen LogP contribution >= 0.6 is 11.3 Å². The van der Waals surface area contributed by atoms with E-state index in [1.165, 1.54) is 16.9 Å². The van der Waals surface area contributed by atoms with Crippen LogP contribution in [-0.2, 0) is 6.54 Å². The van der Waals surface area contributed by atoms with Crippen molar-refractivity contribution in [2.24, 2.45) is 0 Å². The summed E-state index contributed by atoms with van der Waals surface area (Å²) in [5.41, 5.74) is 3.20. The van der Waals surface area contributed by atoms with Gasteiger partial charge in [0, 0.05) is 43.7 Å². The van der Waals surface area contributed by atoms with Crippen LogP contribution in [0.2, 0.25) is 0 Å². The van der Waals surface area contributed by atoms with Crippen molar-refractivity contribution in [1.29, 1.82) is 5.26 Å². The van der Waals surface area contributed by atoms with Crippen LogP contribution in [0.1, 0.15) is 21.6 Å². The fourth-order valence-corrected chi connectivity index (χ4v) is 4.48. The lowest BCUT2D eigenvalue weighted by Gasteiger charge is -2.34. The van der Waals surface area contributed by atoms with Crippen LogP contribution < -0.4 is 9.47 Å². The zero-order valence-electron chi connectivity index (χ0n) is 18.1. The fourth-order valence-electron chi connectivity index (χ4n) is 3.69. The number of hydrogen-bond acceptors (Lipinski definition) is 7. The summed E-state index contributed by atoms with van der Waals surface area (Å²) in [7, 11) is 3.20. The van der Waals surface area contributed by atoms with E-state index in [2.05, 4.69) is 16.0 Å². The summed E-state index contributed by atoms with van der Waals surface area (Å²) >= 11 is 1.44. The maximum absolute atomic E-state index is 13.0. The number of ether oxygens (including phenoxy) is 2. The summed E-state index contributed by atoms with van der Waals surface area (Å²) < 4.78 is 10.7. The third kappa shape index (κ3) is 4.74. The van der Waals surface area contributed by atoms with E-state index in [-0.39, 0.29) is 5.91 Å². The second-order valence-corrected chi connectivity index (χ2v) is 8.34. The molecule has 7 nitrogen and oxygen atoms in total. The molecule has 1 aliphatic rings. The van der Waals surface area contributed by atoms with E-state index in [0.717, 1.165) is 30.2 Å². The lowest BCUT2D eigenvalue weighted by atomic mass is 10.1. The predicted octanol–water partition coefficient (Wildman–Crippen LogP) is 3.66. The molecule has 8 heteroatoms. The first-order valence-electron chi connectivity index (χ1n) is 10.3. The van der Waals surface area contributed by atoms with Gasteiger partial charge < -0.3 is 14.4 Å². The maximum Gasteiger partial charge on any atom is 0.273 e. The van der Waals surface area contributed by atoms with E-state index in [9.17, 15) is 4.79 Å². The molecule has 1 aromatic heterocycles. The fraction of sp³-hybridized carbons (Fsp3) is 0.292. The number of thiazole rings is 1. The molecule has 0 radical (unpaired) electrons. The van der Waals surface area contributed by atoms with E-state index in [1.54, 1.807) is 14.2 Å². The van der Waals surface area contributed by atoms with Gasteiger partial charge in [-0.05, 0) is 35.9 Å². The largest absolute Gasteiger partial charge is 0.493 e. The van der Waals surface area contributed by atoms with Crippen molar-refractivity contribution in [2.45, 2.75) is 6.54 Å². The summed E-state index contributed by atoms with van der Waals surface area (Å²) in [6.07, 6.45) is 0. The van der Waals surface area contributed by atoms with Gasteiger partial charge in [0.25, 0.3) is 5.91 Å². The molecule has 4 rings (SSSR count). The number of rotatable bonds is 6. The highest BCUT2D eigenvalue weighted by molar-refractivity contribution is 7.13. The molecule has 2 aromatic carbocycles. The Morgan fingerprint density at radius 2 is 1.78 bits per heavy atom. The van der Waals surface area contributed by atoms with Gasteiger partial charge >= 0.3 is 0 Å². The number of aromatic nitrogens is 1. The second kappa shape index (κ2) is 9.81. The zero-order chi connectivity index (χ0) is 22.5. The van der Waals surface area contributed by atoms with Crippen LogP contribution in [-0.4, -0.2) is 61.1 Å². The van der Waals surface area contributed by atoms with Gasteiger partial charge in [0.05, 0.1) is 25.9 Å². The van der Waals surface area contributed by atoms with Gasteiger partial charge in [0.2, 0.25) is 0 Å². The van der Waals surface area contributed by atoms with E-state index >= 15 is 0 Å². The van der Waals surface area contributed by atoms with E-state index in [1.807, 2.05) is 52.7 Å². The van der Waals surface area contributed by atoms with Gasteiger partial charge in [-0.2, -0.15) is 5.26 Å². The van der Waals surface area contributed by atoms with E-state index in [4.69, 9.17) is 14.7 Å². The van der Waals surface area contributed by atoms with Crippen molar-refractivity contribution >= 4 is 17.2 Å². The van der Waals surface area contributed by atoms with Crippen LogP contribution in [0.25, 0.3) is 10.6 Å². The molecule has 0 N–H and O–H groups in total. The summed E-state index contributed by atoms with van der Waals surface area (Å²) in [4.78, 5) is 21.7. The number of amides is 1. The van der Waals surface area contributed by atoms with Crippen molar-refractivity contribution in [3.63, 3.8) is 0 Å². The monoisotopic (exact) mass is 448 g/mol. The Morgan fingerprint density at radius 1 is 1.06 bits per heavy atom. The second-order valence-electron chi connectivity index (χ2n) is 7.48. The van der Waals surface area contributed by atoms with Gasteiger partial charge in [-0.15, -0.1) is 11.3 Å². The van der Waals surface area contributed by atoms with Crippen LogP contribution in [0.4, 0.5) is 0 Å². The number of methoxy groups -OCH3 is 2. The normalized spacial score (nSPS) is 14.1. The molecule has 1 amide bonds. The first-order chi connectivity index (χ1) is 15.6. The minimum atomic E-state index is -0.0361. The highest BCUT2D eigenvalue weighted by Gasteiger charge is 2.24. The topological polar surface area (TPSA) is 78.7 Å². The van der Waals surface area contributed by atoms with E-state index in [0.29, 0.717) is 35.8 Å². The molecule has 0 bridgehead atoms. The van der Waals surface area contributed by atoms with Crippen molar-refractivity contribution in [3.8, 4) is 28.1 Å². The number of benzene rings is 2. The average Bonchev–Trinajstić information content (AvgIpc) is 3.34. The van der Waals surface area contributed by atoms with Gasteiger partial charge in [-0.1, -0.05) is 12.1 Å². The molecule has 1 fully saturated rings. The number of carbonyl (C=O) groups is 1. The smallest absolute Gasteiger partial charge is 0.273 e. The maximum atomic E-state index is 13.0. The highest BCUT2D eigenvalue weighted by Crippen LogP contribution is 2.33. The Balaban J connectivity index is 1.36.